The van der Waals surface area contributed by atoms with Gasteiger partial charge < -0.3 is 15.5 Å². The van der Waals surface area contributed by atoms with E-state index < -0.39 is 0 Å². The fraction of sp³-hybridized carbons (Fsp3) is 0.611. The second-order valence-electron chi connectivity index (χ2n) is 6.52. The van der Waals surface area contributed by atoms with Crippen molar-refractivity contribution >= 4 is 17.7 Å². The van der Waals surface area contributed by atoms with Gasteiger partial charge in [0.05, 0.1) is 6.54 Å². The summed E-state index contributed by atoms with van der Waals surface area (Å²) in [7, 11) is 4.19. The van der Waals surface area contributed by atoms with Crippen LogP contribution in [0.2, 0.25) is 0 Å². The Hall–Kier alpha value is -1.20. The van der Waals surface area contributed by atoms with Crippen molar-refractivity contribution in [1.29, 1.82) is 0 Å². The SMILES string of the molecule is CCNC(=NCc1ccccc1CN(C)C)NCC(C)(C)SC. The number of nitrogens with one attached hydrogen (secondary N) is 2. The first kappa shape index (κ1) is 19.8. The highest BCUT2D eigenvalue weighted by Crippen LogP contribution is 2.19. The normalized spacial score (nSPS) is 12.6. The number of thioether (sulfide) groups is 1. The lowest BCUT2D eigenvalue weighted by Crippen LogP contribution is -2.43. The molecule has 130 valence electrons. The van der Waals surface area contributed by atoms with Crippen molar-refractivity contribution in [2.45, 2.75) is 38.6 Å². The summed E-state index contributed by atoms with van der Waals surface area (Å²) in [6, 6.07) is 8.53. The molecule has 0 amide bonds. The van der Waals surface area contributed by atoms with Crippen molar-refractivity contribution in [3.05, 3.63) is 35.4 Å². The van der Waals surface area contributed by atoms with E-state index in [2.05, 4.69) is 80.9 Å². The molecule has 0 atom stereocenters. The smallest absolute Gasteiger partial charge is 0.191 e. The van der Waals surface area contributed by atoms with Gasteiger partial charge in [-0.05, 0) is 52.2 Å². The van der Waals surface area contributed by atoms with Crippen LogP contribution < -0.4 is 10.6 Å². The lowest BCUT2D eigenvalue weighted by Gasteiger charge is -2.23. The molecule has 0 radical (unpaired) electrons. The van der Waals surface area contributed by atoms with E-state index in [9.17, 15) is 0 Å². The predicted molar refractivity (Wildman–Crippen MR) is 104 cm³/mol. The number of hydrogen-bond acceptors (Lipinski definition) is 3. The Morgan fingerprint density at radius 2 is 1.83 bits per heavy atom. The molecule has 1 aromatic carbocycles. The molecule has 0 aliphatic rings. The molecule has 0 aliphatic carbocycles. The summed E-state index contributed by atoms with van der Waals surface area (Å²) in [5.41, 5.74) is 2.61. The Labute approximate surface area is 146 Å². The lowest BCUT2D eigenvalue weighted by atomic mass is 10.1. The molecular weight excluding hydrogens is 304 g/mol. The van der Waals surface area contributed by atoms with E-state index >= 15 is 0 Å². The van der Waals surface area contributed by atoms with Gasteiger partial charge in [-0.3, -0.25) is 0 Å². The van der Waals surface area contributed by atoms with E-state index in [0.717, 1.165) is 25.6 Å². The van der Waals surface area contributed by atoms with Crippen LogP contribution in [0.1, 0.15) is 31.9 Å². The molecule has 0 saturated carbocycles. The number of guanidine groups is 1. The van der Waals surface area contributed by atoms with Gasteiger partial charge in [-0.1, -0.05) is 24.3 Å². The minimum atomic E-state index is 0.193. The van der Waals surface area contributed by atoms with E-state index in [1.807, 2.05) is 11.8 Å². The highest BCUT2D eigenvalue weighted by molar-refractivity contribution is 7.99. The summed E-state index contributed by atoms with van der Waals surface area (Å²) in [6.45, 7) is 9.95. The van der Waals surface area contributed by atoms with Gasteiger partial charge in [0.2, 0.25) is 0 Å². The van der Waals surface area contributed by atoms with Crippen molar-refractivity contribution < 1.29 is 0 Å². The molecule has 2 N–H and O–H groups in total. The summed E-state index contributed by atoms with van der Waals surface area (Å²) in [5, 5.41) is 6.78. The Bertz CT molecular complexity index is 498. The maximum Gasteiger partial charge on any atom is 0.191 e. The number of nitrogens with zero attached hydrogens (tertiary/aromatic N) is 2. The Morgan fingerprint density at radius 1 is 1.17 bits per heavy atom. The molecule has 0 spiro atoms. The highest BCUT2D eigenvalue weighted by Gasteiger charge is 2.16. The van der Waals surface area contributed by atoms with E-state index in [0.29, 0.717) is 6.54 Å². The van der Waals surface area contributed by atoms with E-state index in [1.54, 1.807) is 0 Å². The molecule has 23 heavy (non-hydrogen) atoms. The average molecular weight is 337 g/mol. The van der Waals surface area contributed by atoms with Crippen LogP contribution >= 0.6 is 11.8 Å². The number of benzene rings is 1. The molecule has 0 fully saturated rings. The van der Waals surface area contributed by atoms with Crippen LogP contribution in [0.4, 0.5) is 0 Å². The van der Waals surface area contributed by atoms with E-state index in [1.165, 1.54) is 11.1 Å². The first-order chi connectivity index (χ1) is 10.9. The Morgan fingerprint density at radius 3 is 2.39 bits per heavy atom. The molecule has 0 bridgehead atoms. The number of aliphatic imine (C=N–C) groups is 1. The first-order valence-electron chi connectivity index (χ1n) is 8.17. The standard InChI is InChI=1S/C18H32N4S/c1-7-19-17(21-14-18(2,3)23-6)20-12-15-10-8-9-11-16(15)13-22(4)5/h8-11H,7,12-14H2,1-6H3,(H2,19,20,21). The van der Waals surface area contributed by atoms with Gasteiger partial charge in [-0.2, -0.15) is 11.8 Å². The fourth-order valence-corrected chi connectivity index (χ4v) is 2.30. The molecule has 4 nitrogen and oxygen atoms in total. The number of rotatable bonds is 8. The van der Waals surface area contributed by atoms with Crippen LogP contribution in [0.25, 0.3) is 0 Å². The van der Waals surface area contributed by atoms with Crippen molar-refractivity contribution in [2.75, 3.05) is 33.4 Å². The van der Waals surface area contributed by atoms with Crippen LogP contribution in [0, 0.1) is 0 Å². The zero-order chi connectivity index (χ0) is 17.3. The molecule has 0 unspecified atom stereocenters. The summed E-state index contributed by atoms with van der Waals surface area (Å²) >= 11 is 1.86. The summed E-state index contributed by atoms with van der Waals surface area (Å²) in [4.78, 5) is 6.94. The minimum absolute atomic E-state index is 0.193. The number of hydrogen-bond donors (Lipinski definition) is 2. The van der Waals surface area contributed by atoms with E-state index in [-0.39, 0.29) is 4.75 Å². The van der Waals surface area contributed by atoms with Crippen molar-refractivity contribution in [1.82, 2.24) is 15.5 Å². The van der Waals surface area contributed by atoms with Gasteiger partial charge in [-0.15, -0.1) is 0 Å². The van der Waals surface area contributed by atoms with Crippen molar-refractivity contribution in [3.63, 3.8) is 0 Å². The van der Waals surface area contributed by atoms with Gasteiger partial charge in [0.15, 0.2) is 5.96 Å². The molecular formula is C18H32N4S. The zero-order valence-electron chi connectivity index (χ0n) is 15.4. The van der Waals surface area contributed by atoms with Gasteiger partial charge >= 0.3 is 0 Å². The fourth-order valence-electron chi connectivity index (χ4n) is 2.08. The van der Waals surface area contributed by atoms with Crippen molar-refractivity contribution in [2.24, 2.45) is 4.99 Å². The maximum atomic E-state index is 4.76. The monoisotopic (exact) mass is 336 g/mol. The molecule has 1 aromatic rings. The topological polar surface area (TPSA) is 39.7 Å². The van der Waals surface area contributed by atoms with Crippen LogP contribution in [0.3, 0.4) is 0 Å². The average Bonchev–Trinajstić information content (AvgIpc) is 2.51. The summed E-state index contributed by atoms with van der Waals surface area (Å²) in [6.07, 6.45) is 2.14. The van der Waals surface area contributed by atoms with Crippen LogP contribution in [0.15, 0.2) is 29.3 Å². The maximum absolute atomic E-state index is 4.76. The van der Waals surface area contributed by atoms with E-state index in [4.69, 9.17) is 4.99 Å². The first-order valence-corrected chi connectivity index (χ1v) is 9.39. The zero-order valence-corrected chi connectivity index (χ0v) is 16.3. The van der Waals surface area contributed by atoms with Gasteiger partial charge in [0.1, 0.15) is 0 Å². The molecule has 0 heterocycles. The molecule has 0 saturated heterocycles. The third-order valence-electron chi connectivity index (χ3n) is 3.59. The quantitative estimate of drug-likeness (QED) is 0.566. The largest absolute Gasteiger partial charge is 0.357 e. The minimum Gasteiger partial charge on any atom is -0.357 e. The van der Waals surface area contributed by atoms with Crippen LogP contribution in [0.5, 0.6) is 0 Å². The third-order valence-corrected chi connectivity index (χ3v) is 4.84. The molecule has 1 rings (SSSR count). The second-order valence-corrected chi connectivity index (χ2v) is 8.03. The summed E-state index contributed by atoms with van der Waals surface area (Å²) in [5.74, 6) is 0.884. The molecule has 5 heteroatoms. The third kappa shape index (κ3) is 7.75. The predicted octanol–water partition coefficient (Wildman–Crippen LogP) is 2.94. The second kappa shape index (κ2) is 9.83. The Kier molecular flexibility index (Phi) is 8.48. The van der Waals surface area contributed by atoms with Crippen LogP contribution in [-0.2, 0) is 13.1 Å². The van der Waals surface area contributed by atoms with Crippen molar-refractivity contribution in [3.8, 4) is 0 Å². The van der Waals surface area contributed by atoms with Gasteiger partial charge in [0.25, 0.3) is 0 Å². The van der Waals surface area contributed by atoms with Gasteiger partial charge in [0, 0.05) is 24.4 Å². The molecule has 0 aliphatic heterocycles. The lowest BCUT2D eigenvalue weighted by molar-refractivity contribution is 0.401. The summed E-state index contributed by atoms with van der Waals surface area (Å²) < 4.78 is 0.193. The molecule has 0 aromatic heterocycles. The van der Waals surface area contributed by atoms with Crippen LogP contribution in [-0.4, -0.2) is 49.0 Å². The Balaban J connectivity index is 2.77. The highest BCUT2D eigenvalue weighted by atomic mass is 32.2. The van der Waals surface area contributed by atoms with Gasteiger partial charge in [-0.25, -0.2) is 4.99 Å².